The predicted octanol–water partition coefficient (Wildman–Crippen LogP) is 4.64. The summed E-state index contributed by atoms with van der Waals surface area (Å²) in [5, 5.41) is 4.39. The van der Waals surface area contributed by atoms with Crippen molar-refractivity contribution < 1.29 is 0 Å². The van der Waals surface area contributed by atoms with Crippen LogP contribution in [-0.4, -0.2) is 0 Å². The Balaban J connectivity index is 2.14. The first-order valence-corrected chi connectivity index (χ1v) is 6.92. The van der Waals surface area contributed by atoms with Gasteiger partial charge in [0, 0.05) is 9.75 Å². The third-order valence-corrected chi connectivity index (χ3v) is 4.98. The van der Waals surface area contributed by atoms with Crippen LogP contribution in [0.25, 0.3) is 12.2 Å². The van der Waals surface area contributed by atoms with Gasteiger partial charge in [-0.05, 0) is 52.4 Å². The first-order chi connectivity index (χ1) is 7.34. The van der Waals surface area contributed by atoms with Gasteiger partial charge in [0.05, 0.1) is 0 Å². The van der Waals surface area contributed by atoms with Gasteiger partial charge in [0.1, 0.15) is 0 Å². The zero-order valence-electron chi connectivity index (χ0n) is 8.57. The van der Waals surface area contributed by atoms with E-state index in [0.717, 1.165) is 0 Å². The molecule has 0 nitrogen and oxygen atoms in total. The van der Waals surface area contributed by atoms with Crippen LogP contribution in [-0.2, 0) is 6.42 Å². The van der Waals surface area contributed by atoms with E-state index < -0.39 is 0 Å². The number of fused-ring (bicyclic) bond motifs is 2. The highest BCUT2D eigenvalue weighted by atomic mass is 32.1. The highest BCUT2D eigenvalue weighted by Crippen LogP contribution is 2.34. The van der Waals surface area contributed by atoms with Crippen LogP contribution in [0.15, 0.2) is 22.9 Å². The molecule has 0 fully saturated rings. The summed E-state index contributed by atoms with van der Waals surface area (Å²) < 4.78 is 0. The van der Waals surface area contributed by atoms with Gasteiger partial charge >= 0.3 is 0 Å². The Labute approximate surface area is 97.9 Å². The Morgan fingerprint density at radius 2 is 2.00 bits per heavy atom. The summed E-state index contributed by atoms with van der Waals surface area (Å²) in [6.07, 6.45) is 5.70. The fourth-order valence-electron chi connectivity index (χ4n) is 2.12. The van der Waals surface area contributed by atoms with Crippen LogP contribution >= 0.6 is 22.7 Å². The third-order valence-electron chi connectivity index (χ3n) is 2.90. The molecule has 0 N–H and O–H groups in total. The monoisotopic (exact) mass is 232 g/mol. The van der Waals surface area contributed by atoms with Gasteiger partial charge in [-0.15, -0.1) is 22.7 Å². The standard InChI is InChI=1S/C13H12S2/c1-9-8-11-5-6-14-12(11)3-2-10-4-7-15-13(9)10/h2-7,9H,8H2,1H3/b3-2-. The molecule has 0 amide bonds. The van der Waals surface area contributed by atoms with Crippen LogP contribution in [0.3, 0.4) is 0 Å². The zero-order chi connectivity index (χ0) is 10.3. The van der Waals surface area contributed by atoms with E-state index in [0.29, 0.717) is 5.92 Å². The molecule has 0 bridgehead atoms. The molecule has 0 saturated heterocycles. The summed E-state index contributed by atoms with van der Waals surface area (Å²) in [5.41, 5.74) is 2.91. The highest BCUT2D eigenvalue weighted by Gasteiger charge is 2.15. The Bertz CT molecular complexity index is 502. The number of rotatable bonds is 0. The van der Waals surface area contributed by atoms with Crippen molar-refractivity contribution in [1.82, 2.24) is 0 Å². The Hall–Kier alpha value is -0.860. The maximum absolute atomic E-state index is 2.33. The van der Waals surface area contributed by atoms with Crippen molar-refractivity contribution in [2.24, 2.45) is 0 Å². The van der Waals surface area contributed by atoms with E-state index >= 15 is 0 Å². The minimum atomic E-state index is 0.651. The number of thiophene rings is 2. The Morgan fingerprint density at radius 1 is 1.13 bits per heavy atom. The maximum Gasteiger partial charge on any atom is 0.0302 e. The van der Waals surface area contributed by atoms with Gasteiger partial charge in [0.25, 0.3) is 0 Å². The Morgan fingerprint density at radius 3 is 2.93 bits per heavy atom. The predicted molar refractivity (Wildman–Crippen MR) is 69.7 cm³/mol. The van der Waals surface area contributed by atoms with Gasteiger partial charge in [-0.2, -0.15) is 0 Å². The largest absolute Gasteiger partial charge is 0.148 e. The summed E-state index contributed by atoms with van der Waals surface area (Å²) in [5.74, 6) is 0.651. The van der Waals surface area contributed by atoms with Crippen molar-refractivity contribution in [3.05, 3.63) is 43.8 Å². The molecule has 1 atom stereocenters. The molecule has 0 radical (unpaired) electrons. The lowest BCUT2D eigenvalue weighted by molar-refractivity contribution is 0.774. The SMILES string of the molecule is CC1Cc2ccsc2/C=C\c2ccsc21. The second-order valence-electron chi connectivity index (χ2n) is 3.99. The lowest BCUT2D eigenvalue weighted by atomic mass is 9.95. The van der Waals surface area contributed by atoms with Gasteiger partial charge < -0.3 is 0 Å². The average molecular weight is 232 g/mol. The molecule has 3 rings (SSSR count). The molecule has 2 aromatic rings. The minimum absolute atomic E-state index is 0.651. The number of hydrogen-bond acceptors (Lipinski definition) is 2. The lowest BCUT2D eigenvalue weighted by Crippen LogP contribution is -1.99. The molecule has 2 heteroatoms. The molecule has 0 saturated carbocycles. The van der Waals surface area contributed by atoms with Gasteiger partial charge in [-0.3, -0.25) is 0 Å². The highest BCUT2D eigenvalue weighted by molar-refractivity contribution is 7.11. The molecule has 2 aromatic heterocycles. The van der Waals surface area contributed by atoms with Crippen LogP contribution in [0.4, 0.5) is 0 Å². The van der Waals surface area contributed by atoms with Crippen molar-refractivity contribution >= 4 is 34.8 Å². The second-order valence-corrected chi connectivity index (χ2v) is 5.88. The van der Waals surface area contributed by atoms with E-state index in [4.69, 9.17) is 0 Å². The first kappa shape index (κ1) is 9.37. The van der Waals surface area contributed by atoms with Crippen LogP contribution < -0.4 is 0 Å². The summed E-state index contributed by atoms with van der Waals surface area (Å²) in [4.78, 5) is 2.96. The van der Waals surface area contributed by atoms with Gasteiger partial charge in [-0.1, -0.05) is 13.0 Å². The fraction of sp³-hybridized carbons (Fsp3) is 0.231. The molecule has 0 spiro atoms. The quantitative estimate of drug-likeness (QED) is 0.620. The maximum atomic E-state index is 2.33. The van der Waals surface area contributed by atoms with Crippen LogP contribution in [0.2, 0.25) is 0 Å². The topological polar surface area (TPSA) is 0 Å². The summed E-state index contributed by atoms with van der Waals surface area (Å²) >= 11 is 3.73. The zero-order valence-corrected chi connectivity index (χ0v) is 10.2. The van der Waals surface area contributed by atoms with E-state index in [1.54, 1.807) is 0 Å². The van der Waals surface area contributed by atoms with Crippen LogP contribution in [0.5, 0.6) is 0 Å². The molecule has 76 valence electrons. The van der Waals surface area contributed by atoms with Crippen molar-refractivity contribution in [1.29, 1.82) is 0 Å². The molecular formula is C13H12S2. The van der Waals surface area contributed by atoms with E-state index in [-0.39, 0.29) is 0 Å². The van der Waals surface area contributed by atoms with Crippen molar-refractivity contribution in [2.75, 3.05) is 0 Å². The van der Waals surface area contributed by atoms with Gasteiger partial charge in [0.2, 0.25) is 0 Å². The molecule has 15 heavy (non-hydrogen) atoms. The van der Waals surface area contributed by atoms with E-state index in [1.807, 2.05) is 22.7 Å². The van der Waals surface area contributed by atoms with Crippen LogP contribution in [0, 0.1) is 0 Å². The van der Waals surface area contributed by atoms with E-state index in [2.05, 4.69) is 42.0 Å². The molecule has 0 aromatic carbocycles. The lowest BCUT2D eigenvalue weighted by Gasteiger charge is -2.13. The van der Waals surface area contributed by atoms with Crippen molar-refractivity contribution in [3.8, 4) is 0 Å². The Kier molecular flexibility index (Phi) is 2.26. The molecule has 1 aliphatic rings. The smallest absolute Gasteiger partial charge is 0.0302 e. The van der Waals surface area contributed by atoms with E-state index in [9.17, 15) is 0 Å². The summed E-state index contributed by atoms with van der Waals surface area (Å²) in [7, 11) is 0. The van der Waals surface area contributed by atoms with Crippen LogP contribution in [0.1, 0.15) is 33.7 Å². The normalized spacial score (nSPS) is 21.3. The molecular weight excluding hydrogens is 220 g/mol. The van der Waals surface area contributed by atoms with Gasteiger partial charge in [-0.25, -0.2) is 0 Å². The van der Waals surface area contributed by atoms with Crippen molar-refractivity contribution in [3.63, 3.8) is 0 Å². The summed E-state index contributed by atoms with van der Waals surface area (Å²) in [6.45, 7) is 2.33. The fourth-order valence-corrected chi connectivity index (χ4v) is 3.90. The summed E-state index contributed by atoms with van der Waals surface area (Å²) in [6, 6.07) is 4.49. The third kappa shape index (κ3) is 1.58. The first-order valence-electron chi connectivity index (χ1n) is 5.16. The minimum Gasteiger partial charge on any atom is -0.148 e. The van der Waals surface area contributed by atoms with Gasteiger partial charge in [0.15, 0.2) is 0 Å². The van der Waals surface area contributed by atoms with E-state index in [1.165, 1.54) is 27.3 Å². The molecule has 1 aliphatic carbocycles. The van der Waals surface area contributed by atoms with Crippen molar-refractivity contribution in [2.45, 2.75) is 19.3 Å². The molecule has 1 unspecified atom stereocenters. The number of hydrogen-bond donors (Lipinski definition) is 0. The molecule has 2 heterocycles. The molecule has 0 aliphatic heterocycles. The average Bonchev–Trinajstić information content (AvgIpc) is 2.81. The second kappa shape index (κ2) is 3.62.